The Morgan fingerprint density at radius 2 is 1.83 bits per heavy atom. The highest BCUT2D eigenvalue weighted by Gasteiger charge is 2.20. The van der Waals surface area contributed by atoms with Crippen LogP contribution >= 0.6 is 0 Å². The van der Waals surface area contributed by atoms with E-state index in [2.05, 4.69) is 10.6 Å². The van der Waals surface area contributed by atoms with Crippen LogP contribution in [0.3, 0.4) is 0 Å². The quantitative estimate of drug-likeness (QED) is 0.639. The summed E-state index contributed by atoms with van der Waals surface area (Å²) in [6.07, 6.45) is -0.278. The number of carboxylic acids is 1. The summed E-state index contributed by atoms with van der Waals surface area (Å²) in [5.41, 5.74) is 0.864. The van der Waals surface area contributed by atoms with Crippen LogP contribution in [0.15, 0.2) is 30.3 Å². The predicted molar refractivity (Wildman–Crippen MR) is 88.3 cm³/mol. The molecule has 0 aliphatic carbocycles. The average Bonchev–Trinajstić information content (AvgIpc) is 2.52. The Morgan fingerprint density at radius 1 is 1.17 bits per heavy atom. The molecule has 0 aliphatic heterocycles. The smallest absolute Gasteiger partial charge is 0.407 e. The Morgan fingerprint density at radius 3 is 2.42 bits per heavy atom. The van der Waals surface area contributed by atoms with Crippen LogP contribution in [-0.2, 0) is 20.9 Å². The second-order valence-electron chi connectivity index (χ2n) is 5.83. The molecule has 0 aliphatic rings. The summed E-state index contributed by atoms with van der Waals surface area (Å²) in [5.74, 6) is -1.34. The lowest BCUT2D eigenvalue weighted by molar-refractivity contribution is -0.142. The van der Waals surface area contributed by atoms with E-state index in [0.29, 0.717) is 6.42 Å². The number of nitrogens with one attached hydrogen (secondary N) is 2. The summed E-state index contributed by atoms with van der Waals surface area (Å²) in [7, 11) is 0. The van der Waals surface area contributed by atoms with Gasteiger partial charge in [-0.05, 0) is 17.9 Å². The van der Waals surface area contributed by atoms with Gasteiger partial charge in [0.1, 0.15) is 12.6 Å². The topological polar surface area (TPSA) is 105 Å². The minimum atomic E-state index is -1.06. The standard InChI is InChI=1S/C17H24N2O5/c1-12(2)10-14(16(21)22)19-15(20)8-9-18-17(23)24-11-13-6-4-3-5-7-13/h3-7,12,14H,8-11H2,1-2H3,(H,18,23)(H,19,20)(H,21,22)/t14-/m0/s1. The SMILES string of the molecule is CC(C)C[C@H](NC(=O)CCNC(=O)OCc1ccccc1)C(=O)O. The summed E-state index contributed by atoms with van der Waals surface area (Å²) in [4.78, 5) is 34.3. The van der Waals surface area contributed by atoms with E-state index in [0.717, 1.165) is 5.56 Å². The van der Waals surface area contributed by atoms with Crippen LogP contribution in [0.1, 0.15) is 32.3 Å². The molecule has 7 nitrogen and oxygen atoms in total. The second kappa shape index (κ2) is 10.3. The molecule has 0 bridgehead atoms. The molecule has 132 valence electrons. The molecule has 1 rings (SSSR count). The first-order valence-electron chi connectivity index (χ1n) is 7.85. The van der Waals surface area contributed by atoms with Crippen molar-refractivity contribution >= 4 is 18.0 Å². The fraction of sp³-hybridized carbons (Fsp3) is 0.471. The Bertz CT molecular complexity index is 545. The lowest BCUT2D eigenvalue weighted by atomic mass is 10.0. The number of carbonyl (C=O) groups is 3. The van der Waals surface area contributed by atoms with Crippen LogP contribution in [0.4, 0.5) is 4.79 Å². The molecule has 0 saturated heterocycles. The molecule has 0 spiro atoms. The first-order valence-corrected chi connectivity index (χ1v) is 7.85. The zero-order valence-electron chi connectivity index (χ0n) is 14.0. The molecule has 1 aromatic rings. The van der Waals surface area contributed by atoms with Gasteiger partial charge in [-0.3, -0.25) is 4.79 Å². The number of benzene rings is 1. The van der Waals surface area contributed by atoms with E-state index in [1.807, 2.05) is 44.2 Å². The molecule has 7 heteroatoms. The number of aliphatic carboxylic acids is 1. The van der Waals surface area contributed by atoms with Gasteiger partial charge in [-0.15, -0.1) is 0 Å². The van der Waals surface area contributed by atoms with Crippen molar-refractivity contribution in [1.29, 1.82) is 0 Å². The van der Waals surface area contributed by atoms with Crippen molar-refractivity contribution < 1.29 is 24.2 Å². The van der Waals surface area contributed by atoms with Crippen LogP contribution in [0.2, 0.25) is 0 Å². The molecule has 1 aromatic carbocycles. The van der Waals surface area contributed by atoms with Crippen molar-refractivity contribution in [1.82, 2.24) is 10.6 Å². The number of amides is 2. The van der Waals surface area contributed by atoms with Crippen LogP contribution in [0.25, 0.3) is 0 Å². The molecule has 0 fully saturated rings. The van der Waals surface area contributed by atoms with Crippen molar-refractivity contribution in [3.8, 4) is 0 Å². The van der Waals surface area contributed by atoms with Gasteiger partial charge in [-0.2, -0.15) is 0 Å². The van der Waals surface area contributed by atoms with E-state index in [9.17, 15) is 14.4 Å². The number of ether oxygens (including phenoxy) is 1. The van der Waals surface area contributed by atoms with E-state index in [4.69, 9.17) is 9.84 Å². The van der Waals surface area contributed by atoms with Crippen molar-refractivity contribution in [2.24, 2.45) is 5.92 Å². The van der Waals surface area contributed by atoms with Crippen molar-refractivity contribution in [2.45, 2.75) is 39.3 Å². The first kappa shape index (κ1) is 19.5. The number of carboxylic acid groups (broad SMARTS) is 1. The minimum absolute atomic E-state index is 0.0116. The Hall–Kier alpha value is -2.57. The molecule has 24 heavy (non-hydrogen) atoms. The lowest BCUT2D eigenvalue weighted by Gasteiger charge is -2.16. The van der Waals surface area contributed by atoms with Crippen molar-refractivity contribution in [3.63, 3.8) is 0 Å². The lowest BCUT2D eigenvalue weighted by Crippen LogP contribution is -2.42. The highest BCUT2D eigenvalue weighted by molar-refractivity contribution is 5.83. The van der Waals surface area contributed by atoms with Gasteiger partial charge >= 0.3 is 12.1 Å². The molecule has 3 N–H and O–H groups in total. The second-order valence-corrected chi connectivity index (χ2v) is 5.83. The van der Waals surface area contributed by atoms with Crippen molar-refractivity contribution in [3.05, 3.63) is 35.9 Å². The van der Waals surface area contributed by atoms with Gasteiger partial charge in [-0.25, -0.2) is 9.59 Å². The molecule has 0 unspecified atom stereocenters. The first-order chi connectivity index (χ1) is 11.4. The number of rotatable bonds is 9. The number of hydrogen-bond acceptors (Lipinski definition) is 4. The number of carbonyl (C=O) groups excluding carboxylic acids is 2. The summed E-state index contributed by atoms with van der Waals surface area (Å²) in [5, 5.41) is 14.0. The molecule has 0 aromatic heterocycles. The van der Waals surface area contributed by atoms with E-state index in [1.165, 1.54) is 0 Å². The highest BCUT2D eigenvalue weighted by atomic mass is 16.5. The van der Waals surface area contributed by atoms with Crippen LogP contribution in [0.5, 0.6) is 0 Å². The summed E-state index contributed by atoms with van der Waals surface area (Å²) < 4.78 is 5.01. The molecular weight excluding hydrogens is 312 g/mol. The van der Waals surface area contributed by atoms with E-state index in [-0.39, 0.29) is 25.5 Å². The molecule has 2 amide bonds. The third-order valence-electron chi connectivity index (χ3n) is 3.17. The fourth-order valence-corrected chi connectivity index (χ4v) is 2.01. The monoisotopic (exact) mass is 336 g/mol. The Labute approximate surface area is 141 Å². The molecule has 1 atom stereocenters. The third-order valence-corrected chi connectivity index (χ3v) is 3.17. The molecule has 0 heterocycles. The zero-order valence-corrected chi connectivity index (χ0v) is 14.0. The fourth-order valence-electron chi connectivity index (χ4n) is 2.01. The zero-order chi connectivity index (χ0) is 17.9. The maximum Gasteiger partial charge on any atom is 0.407 e. The maximum absolute atomic E-state index is 11.7. The third kappa shape index (κ3) is 8.17. The van der Waals surface area contributed by atoms with Crippen LogP contribution < -0.4 is 10.6 Å². The molecule has 0 radical (unpaired) electrons. The summed E-state index contributed by atoms with van der Waals surface area (Å²) >= 11 is 0. The largest absolute Gasteiger partial charge is 0.480 e. The van der Waals surface area contributed by atoms with Gasteiger partial charge in [0.05, 0.1) is 0 Å². The Kier molecular flexibility index (Phi) is 8.32. The molecule has 0 saturated carbocycles. The molecular formula is C17H24N2O5. The van der Waals surface area contributed by atoms with Gasteiger partial charge < -0.3 is 20.5 Å². The number of hydrogen-bond donors (Lipinski definition) is 3. The Balaban J connectivity index is 2.24. The van der Waals surface area contributed by atoms with Crippen LogP contribution in [0, 0.1) is 5.92 Å². The van der Waals surface area contributed by atoms with Gasteiger partial charge in [0.25, 0.3) is 0 Å². The van der Waals surface area contributed by atoms with Crippen LogP contribution in [-0.4, -0.2) is 35.7 Å². The van der Waals surface area contributed by atoms with E-state index >= 15 is 0 Å². The average molecular weight is 336 g/mol. The number of alkyl carbamates (subject to hydrolysis) is 1. The van der Waals surface area contributed by atoms with Gasteiger partial charge in [0, 0.05) is 13.0 Å². The summed E-state index contributed by atoms with van der Waals surface area (Å²) in [6.45, 7) is 3.99. The van der Waals surface area contributed by atoms with E-state index in [1.54, 1.807) is 0 Å². The predicted octanol–water partition coefficient (Wildman–Crippen LogP) is 1.92. The van der Waals surface area contributed by atoms with Gasteiger partial charge in [0.2, 0.25) is 5.91 Å². The van der Waals surface area contributed by atoms with Crippen molar-refractivity contribution in [2.75, 3.05) is 6.54 Å². The normalized spacial score (nSPS) is 11.6. The minimum Gasteiger partial charge on any atom is -0.480 e. The van der Waals surface area contributed by atoms with E-state index < -0.39 is 24.0 Å². The highest BCUT2D eigenvalue weighted by Crippen LogP contribution is 2.05. The maximum atomic E-state index is 11.7. The van der Waals surface area contributed by atoms with Gasteiger partial charge in [0.15, 0.2) is 0 Å². The summed E-state index contributed by atoms with van der Waals surface area (Å²) in [6, 6.07) is 8.31. The van der Waals surface area contributed by atoms with Gasteiger partial charge in [-0.1, -0.05) is 44.2 Å².